The highest BCUT2D eigenvalue weighted by molar-refractivity contribution is 6.30. The molecule has 0 spiro atoms. The zero-order valence-corrected chi connectivity index (χ0v) is 29.6. The smallest absolute Gasteiger partial charge is 0.410 e. The third-order valence-electron chi connectivity index (χ3n) is 9.65. The first-order valence-electron chi connectivity index (χ1n) is 17.1. The Kier molecular flexibility index (Phi) is 11.4. The molecule has 4 atom stereocenters. The van der Waals surface area contributed by atoms with Crippen LogP contribution in [0.3, 0.4) is 0 Å². The van der Waals surface area contributed by atoms with Crippen LogP contribution in [0.25, 0.3) is 0 Å². The van der Waals surface area contributed by atoms with Crippen molar-refractivity contribution in [3.8, 4) is 5.75 Å². The van der Waals surface area contributed by atoms with Gasteiger partial charge in [-0.05, 0) is 106 Å². The highest BCUT2D eigenvalue weighted by Crippen LogP contribution is 2.45. The molecule has 0 bridgehead atoms. The number of benzene rings is 2. The van der Waals surface area contributed by atoms with Crippen LogP contribution in [0.5, 0.6) is 5.75 Å². The average Bonchev–Trinajstić information content (AvgIpc) is 3.20. The number of methoxy groups -OCH3 is 1. The standard InChI is InChI=1S/C38H51ClN2O6/c1-7-8-26-20-30(39)11-13-31(26)29-23-41(33-21-27(36(42)44-6)10-14-34(33)46-24-29)22-28-9-12-32(28)35-19-25(16-18-45-35)15-17-40(5)37(43)47-38(2,3)4/h10-11,13-15,20-21,28-29,32,35H,7-9,12,16-19,22-24H2,1-6H3/b25-15+. The van der Waals surface area contributed by atoms with Gasteiger partial charge < -0.3 is 28.7 Å². The number of likely N-dealkylation sites (N-methyl/N-ethyl adjacent to an activating group) is 1. The Morgan fingerprint density at radius 1 is 1.15 bits per heavy atom. The van der Waals surface area contributed by atoms with Crippen molar-refractivity contribution in [2.45, 2.75) is 83.8 Å². The van der Waals surface area contributed by atoms with Crippen molar-refractivity contribution in [3.63, 3.8) is 0 Å². The van der Waals surface area contributed by atoms with E-state index in [0.717, 1.165) is 68.1 Å². The molecule has 0 N–H and O–H groups in total. The second-order valence-electron chi connectivity index (χ2n) is 14.3. The molecule has 2 fully saturated rings. The van der Waals surface area contributed by atoms with E-state index in [1.807, 2.05) is 39.0 Å². The van der Waals surface area contributed by atoms with E-state index in [1.165, 1.54) is 23.8 Å². The van der Waals surface area contributed by atoms with E-state index in [1.54, 1.807) is 18.0 Å². The zero-order valence-electron chi connectivity index (χ0n) is 28.9. The van der Waals surface area contributed by atoms with Gasteiger partial charge in [0.05, 0.1) is 37.7 Å². The predicted molar refractivity (Wildman–Crippen MR) is 186 cm³/mol. The van der Waals surface area contributed by atoms with Crippen molar-refractivity contribution < 1.29 is 28.5 Å². The van der Waals surface area contributed by atoms with Crippen LogP contribution in [0.1, 0.15) is 87.2 Å². The molecule has 3 aliphatic rings. The predicted octanol–water partition coefficient (Wildman–Crippen LogP) is 8.06. The van der Waals surface area contributed by atoms with E-state index >= 15 is 0 Å². The molecule has 9 heteroatoms. The molecule has 5 rings (SSSR count). The van der Waals surface area contributed by atoms with Gasteiger partial charge in [0, 0.05) is 37.6 Å². The van der Waals surface area contributed by atoms with Gasteiger partial charge in [-0.2, -0.15) is 0 Å². The van der Waals surface area contributed by atoms with E-state index in [2.05, 4.69) is 30.0 Å². The first-order valence-corrected chi connectivity index (χ1v) is 17.5. The van der Waals surface area contributed by atoms with Gasteiger partial charge in [-0.3, -0.25) is 0 Å². The Labute approximate surface area is 285 Å². The fourth-order valence-corrected chi connectivity index (χ4v) is 7.25. The number of carbonyl (C=O) groups is 2. The Morgan fingerprint density at radius 3 is 2.66 bits per heavy atom. The summed E-state index contributed by atoms with van der Waals surface area (Å²) in [4.78, 5) is 29.1. The molecular formula is C38H51ClN2O6. The van der Waals surface area contributed by atoms with E-state index in [9.17, 15) is 9.59 Å². The third-order valence-corrected chi connectivity index (χ3v) is 9.89. The number of carbonyl (C=O) groups excluding carboxylic acids is 2. The molecular weight excluding hydrogens is 616 g/mol. The maximum absolute atomic E-state index is 12.6. The number of esters is 1. The van der Waals surface area contributed by atoms with Crippen LogP contribution in [0.4, 0.5) is 10.5 Å². The van der Waals surface area contributed by atoms with Crippen molar-refractivity contribution in [2.75, 3.05) is 51.9 Å². The molecule has 256 valence electrons. The molecule has 8 nitrogen and oxygen atoms in total. The van der Waals surface area contributed by atoms with E-state index in [-0.39, 0.29) is 24.1 Å². The summed E-state index contributed by atoms with van der Waals surface area (Å²) in [6.45, 7) is 11.2. The first-order chi connectivity index (χ1) is 22.5. The molecule has 1 saturated carbocycles. The van der Waals surface area contributed by atoms with Crippen LogP contribution in [0, 0.1) is 11.8 Å². The van der Waals surface area contributed by atoms with Gasteiger partial charge in [-0.1, -0.05) is 42.7 Å². The Balaban J connectivity index is 1.33. The molecule has 1 aliphatic carbocycles. The Bertz CT molecular complexity index is 1450. The lowest BCUT2D eigenvalue weighted by atomic mass is 9.68. The number of nitrogens with zero attached hydrogens (tertiary/aromatic N) is 2. The fourth-order valence-electron chi connectivity index (χ4n) is 7.05. The lowest BCUT2D eigenvalue weighted by Crippen LogP contribution is -2.46. The van der Waals surface area contributed by atoms with Gasteiger partial charge in [-0.25, -0.2) is 9.59 Å². The SMILES string of the molecule is CCCc1cc(Cl)ccc1C1COc2ccc(C(=O)OC)cc2N(CC2CCC2C2C/C(=C/CN(C)C(=O)OC(C)(C)C)CCO2)C1. The van der Waals surface area contributed by atoms with Crippen LogP contribution in [-0.4, -0.2) is 75.7 Å². The number of aryl methyl sites for hydroxylation is 1. The van der Waals surface area contributed by atoms with Crippen LogP contribution < -0.4 is 9.64 Å². The second-order valence-corrected chi connectivity index (χ2v) is 14.7. The van der Waals surface area contributed by atoms with Crippen molar-refractivity contribution in [1.82, 2.24) is 4.90 Å². The lowest BCUT2D eigenvalue weighted by molar-refractivity contribution is -0.0531. The van der Waals surface area contributed by atoms with Gasteiger partial charge in [-0.15, -0.1) is 0 Å². The van der Waals surface area contributed by atoms with E-state index in [4.69, 9.17) is 30.5 Å². The number of fused-ring (bicyclic) bond motifs is 1. The summed E-state index contributed by atoms with van der Waals surface area (Å²) in [6, 6.07) is 11.8. The van der Waals surface area contributed by atoms with Crippen molar-refractivity contribution in [1.29, 1.82) is 0 Å². The summed E-state index contributed by atoms with van der Waals surface area (Å²) in [5.74, 6) is 1.45. The topological polar surface area (TPSA) is 77.5 Å². The largest absolute Gasteiger partial charge is 0.491 e. The average molecular weight is 667 g/mol. The molecule has 0 aromatic heterocycles. The molecule has 4 unspecified atom stereocenters. The number of ether oxygens (including phenoxy) is 4. The quantitative estimate of drug-likeness (QED) is 0.198. The molecule has 47 heavy (non-hydrogen) atoms. The normalized spacial score (nSPS) is 23.6. The maximum Gasteiger partial charge on any atom is 0.410 e. The van der Waals surface area contributed by atoms with Crippen LogP contribution in [0.2, 0.25) is 5.02 Å². The molecule has 1 saturated heterocycles. The number of halogens is 1. The van der Waals surface area contributed by atoms with E-state index in [0.29, 0.717) is 37.2 Å². The summed E-state index contributed by atoms with van der Waals surface area (Å²) in [6.07, 6.45) is 8.01. The minimum atomic E-state index is -0.519. The van der Waals surface area contributed by atoms with Gasteiger partial charge in [0.1, 0.15) is 11.4 Å². The van der Waals surface area contributed by atoms with Gasteiger partial charge in [0.2, 0.25) is 0 Å². The molecule has 2 aromatic rings. The monoisotopic (exact) mass is 666 g/mol. The Hall–Kier alpha value is -3.23. The summed E-state index contributed by atoms with van der Waals surface area (Å²) in [5.41, 5.74) is 4.81. The van der Waals surface area contributed by atoms with Crippen LogP contribution >= 0.6 is 11.6 Å². The number of hydrogen-bond acceptors (Lipinski definition) is 7. The minimum Gasteiger partial charge on any atom is -0.491 e. The first kappa shape index (κ1) is 35.1. The Morgan fingerprint density at radius 2 is 1.96 bits per heavy atom. The summed E-state index contributed by atoms with van der Waals surface area (Å²) < 4.78 is 23.4. The van der Waals surface area contributed by atoms with Crippen molar-refractivity contribution in [2.24, 2.45) is 11.8 Å². The fraction of sp³-hybridized carbons (Fsp3) is 0.579. The van der Waals surface area contributed by atoms with Gasteiger partial charge in [0.15, 0.2) is 0 Å². The summed E-state index contributed by atoms with van der Waals surface area (Å²) in [7, 11) is 3.19. The molecule has 0 radical (unpaired) electrons. The molecule has 2 aliphatic heterocycles. The van der Waals surface area contributed by atoms with Gasteiger partial charge >= 0.3 is 12.1 Å². The summed E-state index contributed by atoms with van der Waals surface area (Å²) in [5, 5.41) is 0.754. The molecule has 2 aromatic carbocycles. The van der Waals surface area contributed by atoms with Crippen LogP contribution in [-0.2, 0) is 20.6 Å². The number of hydrogen-bond donors (Lipinski definition) is 0. The molecule has 1 amide bonds. The lowest BCUT2D eigenvalue weighted by Gasteiger charge is -2.46. The second kappa shape index (κ2) is 15.3. The minimum absolute atomic E-state index is 0.142. The number of amides is 1. The molecule has 2 heterocycles. The van der Waals surface area contributed by atoms with Gasteiger partial charge in [0.25, 0.3) is 0 Å². The van der Waals surface area contributed by atoms with Crippen LogP contribution in [0.15, 0.2) is 48.0 Å². The number of anilines is 1. The van der Waals surface area contributed by atoms with Crippen molar-refractivity contribution in [3.05, 3.63) is 69.8 Å². The van der Waals surface area contributed by atoms with Crippen molar-refractivity contribution >= 4 is 29.4 Å². The van der Waals surface area contributed by atoms with E-state index < -0.39 is 5.60 Å². The zero-order chi connectivity index (χ0) is 33.7. The highest BCUT2D eigenvalue weighted by Gasteiger charge is 2.41. The maximum atomic E-state index is 12.6. The summed E-state index contributed by atoms with van der Waals surface area (Å²) >= 11 is 6.43. The third kappa shape index (κ3) is 8.82. The highest BCUT2D eigenvalue weighted by atomic mass is 35.5. The number of rotatable bonds is 9.